The number of carbonyl (C=O) groups excluding carboxylic acids is 2. The van der Waals surface area contributed by atoms with Crippen LogP contribution >= 0.6 is 0 Å². The van der Waals surface area contributed by atoms with Crippen molar-refractivity contribution in [3.8, 4) is 0 Å². The highest BCUT2D eigenvalue weighted by Crippen LogP contribution is 2.26. The molecule has 0 aromatic heterocycles. The number of aliphatic hydroxyl groups is 1. The summed E-state index contributed by atoms with van der Waals surface area (Å²) in [7, 11) is -2.99. The first kappa shape index (κ1) is 23.2. The van der Waals surface area contributed by atoms with Crippen LogP contribution in [0.4, 0.5) is 0 Å². The van der Waals surface area contributed by atoms with E-state index in [1.165, 1.54) is 43.5 Å². The van der Waals surface area contributed by atoms with E-state index in [2.05, 4.69) is 4.40 Å². The highest BCUT2D eigenvalue weighted by molar-refractivity contribution is 7.90. The number of aryl methyl sites for hydroxylation is 1. The third-order valence-electron chi connectivity index (χ3n) is 4.28. The molecule has 0 heterocycles. The van der Waals surface area contributed by atoms with Crippen molar-refractivity contribution in [3.63, 3.8) is 0 Å². The molecule has 2 aromatic rings. The van der Waals surface area contributed by atoms with E-state index in [4.69, 9.17) is 9.47 Å². The Morgan fingerprint density at radius 1 is 1.13 bits per heavy atom. The molecular weight excluding hydrogens is 410 g/mol. The van der Waals surface area contributed by atoms with E-state index in [0.29, 0.717) is 17.4 Å². The summed E-state index contributed by atoms with van der Waals surface area (Å²) < 4.78 is 39.3. The van der Waals surface area contributed by atoms with E-state index in [-0.39, 0.29) is 11.5 Å². The maximum Gasteiger partial charge on any atom is 0.336 e. The monoisotopic (exact) mass is 433 g/mol. The number of nitrogens with zero attached hydrogens (tertiary/aromatic N) is 1. The highest BCUT2D eigenvalue weighted by atomic mass is 32.2. The Bertz CT molecular complexity index is 1010. The Morgan fingerprint density at radius 2 is 1.73 bits per heavy atom. The fraction of sp³-hybridized carbons (Fsp3) is 0.286. The summed E-state index contributed by atoms with van der Waals surface area (Å²) in [6.07, 6.45) is -1.15. The Morgan fingerprint density at radius 3 is 2.23 bits per heavy atom. The summed E-state index contributed by atoms with van der Waals surface area (Å²) in [6, 6.07) is 11.9. The van der Waals surface area contributed by atoms with Gasteiger partial charge in [0.15, 0.2) is 6.10 Å². The van der Waals surface area contributed by atoms with E-state index in [9.17, 15) is 23.1 Å². The summed E-state index contributed by atoms with van der Waals surface area (Å²) in [5, 5.41) is 10.6. The molecule has 30 heavy (non-hydrogen) atoms. The van der Waals surface area contributed by atoms with Gasteiger partial charge in [-0.2, -0.15) is 8.42 Å². The average molecular weight is 433 g/mol. The minimum Gasteiger partial charge on any atom is -0.483 e. The molecule has 0 radical (unpaired) electrons. The van der Waals surface area contributed by atoms with Crippen molar-refractivity contribution in [2.24, 2.45) is 4.40 Å². The van der Waals surface area contributed by atoms with E-state index in [1.54, 1.807) is 19.1 Å². The van der Waals surface area contributed by atoms with E-state index < -0.39 is 33.9 Å². The second kappa shape index (κ2) is 10.1. The molecule has 0 bridgehead atoms. The van der Waals surface area contributed by atoms with Gasteiger partial charge in [-0.15, -0.1) is 4.40 Å². The molecule has 2 unspecified atom stereocenters. The SMILES string of the molecule is CCOC(=O)C(O)C(/C(=N\S(=O)(=O)c1ccc(C)cc1)OC)c1ccc(C=O)cc1. The van der Waals surface area contributed by atoms with Crippen LogP contribution in [0.3, 0.4) is 0 Å². The molecule has 0 saturated heterocycles. The number of hydrogen-bond donors (Lipinski definition) is 1. The predicted molar refractivity (Wildman–Crippen MR) is 110 cm³/mol. The van der Waals surface area contributed by atoms with E-state index in [1.807, 2.05) is 6.92 Å². The lowest BCUT2D eigenvalue weighted by atomic mass is 9.92. The maximum atomic E-state index is 12.8. The molecule has 1 N–H and O–H groups in total. The Labute approximate surface area is 175 Å². The number of carbonyl (C=O) groups is 2. The normalized spacial score (nSPS) is 13.9. The summed E-state index contributed by atoms with van der Waals surface area (Å²) in [4.78, 5) is 23.0. The van der Waals surface area contributed by atoms with Gasteiger partial charge in [-0.25, -0.2) is 4.79 Å². The lowest BCUT2D eigenvalue weighted by molar-refractivity contribution is -0.153. The molecule has 2 atom stereocenters. The molecule has 8 nitrogen and oxygen atoms in total. The minimum absolute atomic E-state index is 0.0216. The quantitative estimate of drug-likeness (QED) is 0.293. The first-order chi connectivity index (χ1) is 14.2. The summed E-state index contributed by atoms with van der Waals surface area (Å²) >= 11 is 0. The number of esters is 1. The van der Waals surface area contributed by atoms with Gasteiger partial charge < -0.3 is 14.6 Å². The fourth-order valence-electron chi connectivity index (χ4n) is 2.71. The van der Waals surface area contributed by atoms with Gasteiger partial charge in [0.2, 0.25) is 5.90 Å². The molecule has 0 fully saturated rings. The molecule has 2 aromatic carbocycles. The van der Waals surface area contributed by atoms with Crippen molar-refractivity contribution in [1.82, 2.24) is 0 Å². The molecule has 160 valence electrons. The standard InChI is InChI=1S/C21H23NO7S/c1-4-29-21(25)19(24)18(16-9-7-15(13-23)8-10-16)20(28-3)22-30(26,27)17-11-5-14(2)6-12-17/h5-13,18-19,24H,4H2,1-3H3/b22-20+. The molecule has 9 heteroatoms. The van der Waals surface area contributed by atoms with Gasteiger partial charge in [-0.05, 0) is 31.5 Å². The summed E-state index contributed by atoms with van der Waals surface area (Å²) in [5.74, 6) is -2.62. The first-order valence-electron chi connectivity index (χ1n) is 9.08. The van der Waals surface area contributed by atoms with Crippen LogP contribution in [0.2, 0.25) is 0 Å². The summed E-state index contributed by atoms with van der Waals surface area (Å²) in [5.41, 5.74) is 1.56. The number of aldehydes is 1. The van der Waals surface area contributed by atoms with E-state index >= 15 is 0 Å². The number of benzene rings is 2. The van der Waals surface area contributed by atoms with Gasteiger partial charge in [0.05, 0.1) is 24.5 Å². The van der Waals surface area contributed by atoms with Crippen LogP contribution in [-0.4, -0.2) is 51.5 Å². The smallest absolute Gasteiger partial charge is 0.336 e. The highest BCUT2D eigenvalue weighted by Gasteiger charge is 2.35. The van der Waals surface area contributed by atoms with Crippen molar-refractivity contribution in [1.29, 1.82) is 0 Å². The van der Waals surface area contributed by atoms with Gasteiger partial charge in [-0.1, -0.05) is 42.0 Å². The van der Waals surface area contributed by atoms with Gasteiger partial charge in [-0.3, -0.25) is 4.79 Å². The molecular formula is C21H23NO7S. The number of rotatable bonds is 8. The molecule has 0 amide bonds. The number of aliphatic hydroxyl groups excluding tert-OH is 1. The zero-order valence-electron chi connectivity index (χ0n) is 16.8. The second-order valence-corrected chi connectivity index (χ2v) is 7.98. The lowest BCUT2D eigenvalue weighted by Crippen LogP contribution is -2.35. The summed E-state index contributed by atoms with van der Waals surface area (Å²) in [6.45, 7) is 3.41. The van der Waals surface area contributed by atoms with Crippen molar-refractivity contribution in [2.75, 3.05) is 13.7 Å². The van der Waals surface area contributed by atoms with Crippen LogP contribution in [0.1, 0.15) is 34.3 Å². The Hall–Kier alpha value is -3.04. The van der Waals surface area contributed by atoms with Crippen LogP contribution in [0.25, 0.3) is 0 Å². The second-order valence-electron chi connectivity index (χ2n) is 6.38. The van der Waals surface area contributed by atoms with Crippen LogP contribution in [0, 0.1) is 6.92 Å². The number of ether oxygens (including phenoxy) is 2. The largest absolute Gasteiger partial charge is 0.483 e. The van der Waals surface area contributed by atoms with Crippen molar-refractivity contribution in [3.05, 3.63) is 65.2 Å². The van der Waals surface area contributed by atoms with Crippen molar-refractivity contribution < 1.29 is 32.6 Å². The number of methoxy groups -OCH3 is 1. The molecule has 0 aliphatic heterocycles. The third kappa shape index (κ3) is 5.52. The zero-order valence-corrected chi connectivity index (χ0v) is 17.6. The fourth-order valence-corrected chi connectivity index (χ4v) is 3.72. The number of hydrogen-bond acceptors (Lipinski definition) is 7. The molecule has 0 saturated carbocycles. The topological polar surface area (TPSA) is 119 Å². The van der Waals surface area contributed by atoms with Crippen LogP contribution in [-0.2, 0) is 24.3 Å². The Balaban J connectivity index is 2.57. The molecule has 2 rings (SSSR count). The molecule has 0 aliphatic carbocycles. The van der Waals surface area contributed by atoms with Crippen LogP contribution < -0.4 is 0 Å². The molecule has 0 aliphatic rings. The maximum absolute atomic E-state index is 12.8. The van der Waals surface area contributed by atoms with Gasteiger partial charge in [0, 0.05) is 5.56 Å². The van der Waals surface area contributed by atoms with Gasteiger partial charge in [0.1, 0.15) is 6.29 Å². The van der Waals surface area contributed by atoms with Crippen LogP contribution in [0.5, 0.6) is 0 Å². The van der Waals surface area contributed by atoms with Crippen molar-refractivity contribution in [2.45, 2.75) is 30.8 Å². The lowest BCUT2D eigenvalue weighted by Gasteiger charge is -2.22. The van der Waals surface area contributed by atoms with Crippen LogP contribution in [0.15, 0.2) is 57.8 Å². The van der Waals surface area contributed by atoms with Gasteiger partial charge >= 0.3 is 5.97 Å². The zero-order chi connectivity index (χ0) is 22.3. The minimum atomic E-state index is -4.18. The Kier molecular flexibility index (Phi) is 7.85. The third-order valence-corrected chi connectivity index (χ3v) is 5.57. The van der Waals surface area contributed by atoms with Gasteiger partial charge in [0.25, 0.3) is 10.0 Å². The molecule has 0 spiro atoms. The average Bonchev–Trinajstić information content (AvgIpc) is 2.74. The first-order valence-corrected chi connectivity index (χ1v) is 10.5. The van der Waals surface area contributed by atoms with E-state index in [0.717, 1.165) is 5.56 Å². The predicted octanol–water partition coefficient (Wildman–Crippen LogP) is 2.25. The van der Waals surface area contributed by atoms with Crippen molar-refractivity contribution >= 4 is 28.2 Å². The number of sulfonamides is 1.